The van der Waals surface area contributed by atoms with Crippen LogP contribution in [-0.2, 0) is 0 Å². The number of hydrogen-bond acceptors (Lipinski definition) is 4. The molecule has 0 bridgehead atoms. The second-order valence-electron chi connectivity index (χ2n) is 2.64. The number of phenols is 2. The Morgan fingerprint density at radius 1 is 1.13 bits per heavy atom. The monoisotopic (exact) mass is 198 g/mol. The van der Waals surface area contributed by atoms with Crippen LogP contribution in [0.1, 0.15) is 23.6 Å². The van der Waals surface area contributed by atoms with Gasteiger partial charge in [0.15, 0.2) is 11.5 Å². The van der Waals surface area contributed by atoms with Crippen molar-refractivity contribution in [1.29, 1.82) is 10.5 Å². The quantitative estimate of drug-likeness (QED) is 0.484. The highest BCUT2D eigenvalue weighted by Crippen LogP contribution is 2.32. The fourth-order valence-corrected chi connectivity index (χ4v) is 1.11. The largest absolute Gasteiger partial charge is 0.504 e. The summed E-state index contributed by atoms with van der Waals surface area (Å²) in [6.07, 6.45) is 0. The molecular weight excluding hydrogens is 192 g/mol. The van der Waals surface area contributed by atoms with Crippen molar-refractivity contribution in [3.8, 4) is 35.5 Å². The summed E-state index contributed by atoms with van der Waals surface area (Å²) in [5.41, 5.74) is 0.0231. The molecule has 0 aliphatic heterocycles. The van der Waals surface area contributed by atoms with Crippen molar-refractivity contribution in [2.45, 2.75) is 6.92 Å². The summed E-state index contributed by atoms with van der Waals surface area (Å²) in [4.78, 5) is 0. The number of aromatic hydroxyl groups is 2. The molecule has 0 atom stereocenters. The van der Waals surface area contributed by atoms with Crippen LogP contribution in [0.5, 0.6) is 11.5 Å². The zero-order chi connectivity index (χ0) is 11.4. The van der Waals surface area contributed by atoms with Gasteiger partial charge < -0.3 is 10.2 Å². The topological polar surface area (TPSA) is 88.0 Å². The van der Waals surface area contributed by atoms with Gasteiger partial charge >= 0.3 is 0 Å². The fraction of sp³-hybridized carbons (Fsp3) is 0.0909. The Balaban J connectivity index is 3.73. The number of benzene rings is 1. The molecule has 72 valence electrons. The SMILES string of the molecule is CC#Cc1c(C#N)cc(O)c(O)c1C#N. The third-order valence-electron chi connectivity index (χ3n) is 1.76. The number of rotatable bonds is 0. The minimum atomic E-state index is -0.547. The molecule has 4 nitrogen and oxygen atoms in total. The summed E-state index contributed by atoms with van der Waals surface area (Å²) in [6, 6.07) is 4.58. The molecule has 0 aliphatic carbocycles. The van der Waals surface area contributed by atoms with Crippen LogP contribution in [0.15, 0.2) is 6.07 Å². The molecule has 1 aromatic rings. The van der Waals surface area contributed by atoms with Gasteiger partial charge in [0.05, 0.1) is 11.1 Å². The van der Waals surface area contributed by atoms with Crippen molar-refractivity contribution < 1.29 is 10.2 Å². The van der Waals surface area contributed by atoms with Gasteiger partial charge in [-0.3, -0.25) is 0 Å². The van der Waals surface area contributed by atoms with Gasteiger partial charge in [0.25, 0.3) is 0 Å². The van der Waals surface area contributed by atoms with E-state index < -0.39 is 11.5 Å². The summed E-state index contributed by atoms with van der Waals surface area (Å²) in [5, 5.41) is 36.1. The highest BCUT2D eigenvalue weighted by molar-refractivity contribution is 5.66. The zero-order valence-corrected chi connectivity index (χ0v) is 7.87. The Morgan fingerprint density at radius 3 is 2.27 bits per heavy atom. The van der Waals surface area contributed by atoms with Crippen molar-refractivity contribution in [3.63, 3.8) is 0 Å². The molecule has 4 heteroatoms. The van der Waals surface area contributed by atoms with Crippen LogP contribution in [0.2, 0.25) is 0 Å². The van der Waals surface area contributed by atoms with E-state index >= 15 is 0 Å². The smallest absolute Gasteiger partial charge is 0.176 e. The number of hydrogen-bond donors (Lipinski definition) is 2. The first-order valence-electron chi connectivity index (χ1n) is 3.97. The Kier molecular flexibility index (Phi) is 2.82. The Bertz CT molecular complexity index is 551. The molecule has 0 heterocycles. The van der Waals surface area contributed by atoms with Gasteiger partial charge in [0, 0.05) is 6.07 Å². The summed E-state index contributed by atoms with van der Waals surface area (Å²) in [7, 11) is 0. The molecule has 15 heavy (non-hydrogen) atoms. The van der Waals surface area contributed by atoms with Gasteiger partial charge in [0.1, 0.15) is 17.7 Å². The molecule has 0 fully saturated rings. The average molecular weight is 198 g/mol. The Hall–Kier alpha value is -2.64. The number of nitriles is 2. The van der Waals surface area contributed by atoms with Gasteiger partial charge in [0.2, 0.25) is 0 Å². The second-order valence-corrected chi connectivity index (χ2v) is 2.64. The maximum absolute atomic E-state index is 9.38. The van der Waals surface area contributed by atoms with E-state index in [1.807, 2.05) is 0 Å². The molecule has 0 saturated heterocycles. The fourth-order valence-electron chi connectivity index (χ4n) is 1.11. The Labute approximate surface area is 86.6 Å². The van der Waals surface area contributed by atoms with Crippen molar-refractivity contribution in [2.24, 2.45) is 0 Å². The van der Waals surface area contributed by atoms with Crippen LogP contribution < -0.4 is 0 Å². The molecule has 0 aromatic heterocycles. The lowest BCUT2D eigenvalue weighted by atomic mass is 10.0. The molecule has 0 spiro atoms. The lowest BCUT2D eigenvalue weighted by Crippen LogP contribution is -1.91. The first-order valence-corrected chi connectivity index (χ1v) is 3.97. The van der Waals surface area contributed by atoms with Crippen molar-refractivity contribution >= 4 is 0 Å². The molecule has 1 rings (SSSR count). The van der Waals surface area contributed by atoms with Crippen LogP contribution in [0, 0.1) is 34.5 Å². The lowest BCUT2D eigenvalue weighted by Gasteiger charge is -2.03. The third kappa shape index (κ3) is 1.68. The second kappa shape index (κ2) is 4.05. The zero-order valence-electron chi connectivity index (χ0n) is 7.87. The minimum absolute atomic E-state index is 0.0659. The minimum Gasteiger partial charge on any atom is -0.504 e. The van der Waals surface area contributed by atoms with E-state index in [-0.39, 0.29) is 16.7 Å². The van der Waals surface area contributed by atoms with E-state index in [2.05, 4.69) is 11.8 Å². The predicted molar refractivity (Wildman–Crippen MR) is 51.8 cm³/mol. The average Bonchev–Trinajstić information content (AvgIpc) is 2.24. The standard InChI is InChI=1S/C11H6N2O2/c1-2-3-8-7(5-12)4-10(14)11(15)9(8)6-13/h4,14-15H,1H3. The first-order chi connectivity index (χ1) is 7.15. The van der Waals surface area contributed by atoms with E-state index in [1.54, 1.807) is 19.1 Å². The van der Waals surface area contributed by atoms with E-state index in [1.165, 1.54) is 0 Å². The molecule has 1 aromatic carbocycles. The number of phenolic OH excluding ortho intramolecular Hbond substituents is 2. The summed E-state index contributed by atoms with van der Waals surface area (Å²) in [6.45, 7) is 1.55. The Morgan fingerprint density at radius 2 is 1.80 bits per heavy atom. The van der Waals surface area contributed by atoms with E-state index in [0.29, 0.717) is 0 Å². The van der Waals surface area contributed by atoms with Crippen LogP contribution in [-0.4, -0.2) is 10.2 Å². The molecule has 0 amide bonds. The lowest BCUT2D eigenvalue weighted by molar-refractivity contribution is 0.402. The van der Waals surface area contributed by atoms with Crippen LogP contribution in [0.25, 0.3) is 0 Å². The van der Waals surface area contributed by atoms with E-state index in [0.717, 1.165) is 6.07 Å². The highest BCUT2D eigenvalue weighted by Gasteiger charge is 2.15. The van der Waals surface area contributed by atoms with Gasteiger partial charge in [-0.05, 0) is 6.92 Å². The van der Waals surface area contributed by atoms with Crippen LogP contribution >= 0.6 is 0 Å². The molecule has 0 unspecified atom stereocenters. The van der Waals surface area contributed by atoms with Crippen molar-refractivity contribution in [2.75, 3.05) is 0 Å². The predicted octanol–water partition coefficient (Wildman–Crippen LogP) is 1.21. The maximum atomic E-state index is 9.38. The summed E-state index contributed by atoms with van der Waals surface area (Å²) in [5.74, 6) is 4.04. The van der Waals surface area contributed by atoms with Gasteiger partial charge in [-0.15, -0.1) is 5.92 Å². The molecule has 0 radical (unpaired) electrons. The van der Waals surface area contributed by atoms with Crippen LogP contribution in [0.3, 0.4) is 0 Å². The van der Waals surface area contributed by atoms with E-state index in [9.17, 15) is 10.2 Å². The first kappa shape index (κ1) is 10.4. The van der Waals surface area contributed by atoms with Crippen molar-refractivity contribution in [1.82, 2.24) is 0 Å². The normalized spacial score (nSPS) is 8.20. The van der Waals surface area contributed by atoms with Crippen molar-refractivity contribution in [3.05, 3.63) is 22.8 Å². The highest BCUT2D eigenvalue weighted by atomic mass is 16.3. The molecule has 0 saturated carbocycles. The van der Waals surface area contributed by atoms with Gasteiger partial charge in [-0.2, -0.15) is 10.5 Å². The molecule has 2 N–H and O–H groups in total. The van der Waals surface area contributed by atoms with Crippen LogP contribution in [0.4, 0.5) is 0 Å². The molecular formula is C11H6N2O2. The maximum Gasteiger partial charge on any atom is 0.176 e. The van der Waals surface area contributed by atoms with E-state index in [4.69, 9.17) is 10.5 Å². The van der Waals surface area contributed by atoms with Gasteiger partial charge in [-0.25, -0.2) is 0 Å². The molecule has 0 aliphatic rings. The summed E-state index contributed by atoms with van der Waals surface area (Å²) < 4.78 is 0. The number of nitrogens with zero attached hydrogens (tertiary/aromatic N) is 2. The summed E-state index contributed by atoms with van der Waals surface area (Å²) >= 11 is 0. The van der Waals surface area contributed by atoms with Gasteiger partial charge in [-0.1, -0.05) is 5.92 Å². The third-order valence-corrected chi connectivity index (χ3v) is 1.76.